The first-order valence-corrected chi connectivity index (χ1v) is 7.11. The Morgan fingerprint density at radius 1 is 1.24 bits per heavy atom. The maximum Gasteiger partial charge on any atom is 0.0400 e. The standard InChI is InChI=1S/C15H20BrN/c1-11-8-14(16)9-12(2)15(11)17-10-13-6-4-3-5-7-13/h3-4,8-9,13,17H,5-7,10H2,1-2H3. The molecular weight excluding hydrogens is 274 g/mol. The minimum atomic E-state index is 0.794. The molecule has 2 heteroatoms. The van der Waals surface area contributed by atoms with Crippen LogP contribution in [0.4, 0.5) is 5.69 Å². The zero-order chi connectivity index (χ0) is 12.3. The Labute approximate surface area is 112 Å². The van der Waals surface area contributed by atoms with Crippen LogP contribution in [-0.4, -0.2) is 6.54 Å². The van der Waals surface area contributed by atoms with Gasteiger partial charge in [-0.25, -0.2) is 0 Å². The molecule has 0 saturated carbocycles. The molecule has 1 N–H and O–H groups in total. The number of benzene rings is 1. The minimum absolute atomic E-state index is 0.794. The van der Waals surface area contributed by atoms with Crippen molar-refractivity contribution in [1.29, 1.82) is 0 Å². The molecule has 0 amide bonds. The van der Waals surface area contributed by atoms with Gasteiger partial charge in [0.2, 0.25) is 0 Å². The highest BCUT2D eigenvalue weighted by Crippen LogP contribution is 2.26. The molecule has 0 aromatic heterocycles. The molecule has 1 aromatic carbocycles. The molecule has 2 rings (SSSR count). The van der Waals surface area contributed by atoms with Gasteiger partial charge in [0.25, 0.3) is 0 Å². The van der Waals surface area contributed by atoms with Crippen LogP contribution in [0.15, 0.2) is 28.8 Å². The van der Waals surface area contributed by atoms with Crippen LogP contribution in [-0.2, 0) is 0 Å². The summed E-state index contributed by atoms with van der Waals surface area (Å²) in [6, 6.07) is 4.35. The molecule has 0 radical (unpaired) electrons. The summed E-state index contributed by atoms with van der Waals surface area (Å²) in [4.78, 5) is 0. The molecule has 0 aliphatic heterocycles. The van der Waals surface area contributed by atoms with Gasteiger partial charge in [-0.3, -0.25) is 0 Å². The number of halogens is 1. The summed E-state index contributed by atoms with van der Waals surface area (Å²) < 4.78 is 1.17. The summed E-state index contributed by atoms with van der Waals surface area (Å²) in [5.41, 5.74) is 3.95. The third-order valence-corrected chi connectivity index (χ3v) is 3.90. The van der Waals surface area contributed by atoms with Crippen LogP contribution >= 0.6 is 15.9 Å². The minimum Gasteiger partial charge on any atom is -0.384 e. The van der Waals surface area contributed by atoms with Crippen LogP contribution in [0, 0.1) is 19.8 Å². The molecule has 1 atom stereocenters. The van der Waals surface area contributed by atoms with Crippen molar-refractivity contribution >= 4 is 21.6 Å². The van der Waals surface area contributed by atoms with Crippen molar-refractivity contribution < 1.29 is 0 Å². The van der Waals surface area contributed by atoms with Crippen molar-refractivity contribution in [1.82, 2.24) is 0 Å². The lowest BCUT2D eigenvalue weighted by Gasteiger charge is -2.21. The molecule has 1 nitrogen and oxygen atoms in total. The van der Waals surface area contributed by atoms with Gasteiger partial charge < -0.3 is 5.32 Å². The maximum atomic E-state index is 3.62. The Balaban J connectivity index is 2.01. The van der Waals surface area contributed by atoms with Gasteiger partial charge in [-0.05, 0) is 62.3 Å². The van der Waals surface area contributed by atoms with E-state index in [1.54, 1.807) is 0 Å². The van der Waals surface area contributed by atoms with Gasteiger partial charge in [0.05, 0.1) is 0 Å². The van der Waals surface area contributed by atoms with Crippen molar-refractivity contribution in [3.8, 4) is 0 Å². The fourth-order valence-electron chi connectivity index (χ4n) is 2.48. The van der Waals surface area contributed by atoms with Crippen LogP contribution in [0.5, 0.6) is 0 Å². The predicted octanol–water partition coefficient (Wildman–Crippen LogP) is 4.83. The smallest absolute Gasteiger partial charge is 0.0400 e. The van der Waals surface area contributed by atoms with Gasteiger partial charge in [-0.1, -0.05) is 28.1 Å². The van der Waals surface area contributed by atoms with Crippen LogP contribution in [0.1, 0.15) is 30.4 Å². The SMILES string of the molecule is Cc1cc(Br)cc(C)c1NCC1CC=CCC1. The number of anilines is 1. The maximum absolute atomic E-state index is 3.62. The van der Waals surface area contributed by atoms with Gasteiger partial charge in [0.1, 0.15) is 0 Å². The summed E-state index contributed by atoms with van der Waals surface area (Å²) in [5.74, 6) is 0.794. The summed E-state index contributed by atoms with van der Waals surface area (Å²) in [5, 5.41) is 3.62. The van der Waals surface area contributed by atoms with Crippen LogP contribution in [0.25, 0.3) is 0 Å². The van der Waals surface area contributed by atoms with Crippen molar-refractivity contribution in [2.24, 2.45) is 5.92 Å². The highest BCUT2D eigenvalue weighted by molar-refractivity contribution is 9.10. The fourth-order valence-corrected chi connectivity index (χ4v) is 3.16. The predicted molar refractivity (Wildman–Crippen MR) is 78.6 cm³/mol. The Morgan fingerprint density at radius 3 is 2.53 bits per heavy atom. The zero-order valence-electron chi connectivity index (χ0n) is 10.6. The second-order valence-corrected chi connectivity index (χ2v) is 5.86. The Bertz CT molecular complexity index is 400. The van der Waals surface area contributed by atoms with Crippen molar-refractivity contribution in [3.63, 3.8) is 0 Å². The van der Waals surface area contributed by atoms with Crippen molar-refractivity contribution in [2.75, 3.05) is 11.9 Å². The molecular formula is C15H20BrN. The summed E-state index contributed by atoms with van der Waals surface area (Å²) >= 11 is 3.54. The number of allylic oxidation sites excluding steroid dienone is 2. The molecule has 1 unspecified atom stereocenters. The number of hydrogen-bond acceptors (Lipinski definition) is 1. The highest BCUT2D eigenvalue weighted by Gasteiger charge is 2.11. The Morgan fingerprint density at radius 2 is 1.94 bits per heavy atom. The molecule has 17 heavy (non-hydrogen) atoms. The highest BCUT2D eigenvalue weighted by atomic mass is 79.9. The van der Waals surface area contributed by atoms with Crippen LogP contribution in [0.2, 0.25) is 0 Å². The van der Waals surface area contributed by atoms with E-state index >= 15 is 0 Å². The number of rotatable bonds is 3. The number of nitrogens with one attached hydrogen (secondary N) is 1. The number of aryl methyl sites for hydroxylation is 2. The molecule has 0 heterocycles. The first kappa shape index (κ1) is 12.7. The topological polar surface area (TPSA) is 12.0 Å². The molecule has 0 fully saturated rings. The van der Waals surface area contributed by atoms with Gasteiger partial charge in [-0.15, -0.1) is 0 Å². The zero-order valence-corrected chi connectivity index (χ0v) is 12.2. The first-order chi connectivity index (χ1) is 8.16. The van der Waals surface area contributed by atoms with Gasteiger partial charge in [0, 0.05) is 16.7 Å². The summed E-state index contributed by atoms with van der Waals surface area (Å²) in [6.07, 6.45) is 8.40. The normalized spacial score (nSPS) is 19.4. The Kier molecular flexibility index (Phi) is 4.27. The largest absolute Gasteiger partial charge is 0.384 e. The van der Waals surface area contributed by atoms with Crippen molar-refractivity contribution in [2.45, 2.75) is 33.1 Å². The van der Waals surface area contributed by atoms with E-state index in [1.807, 2.05) is 0 Å². The van der Waals surface area contributed by atoms with Gasteiger partial charge >= 0.3 is 0 Å². The van der Waals surface area contributed by atoms with Gasteiger partial charge in [0.15, 0.2) is 0 Å². The quantitative estimate of drug-likeness (QED) is 0.787. The van der Waals surface area contributed by atoms with E-state index in [9.17, 15) is 0 Å². The van der Waals surface area contributed by atoms with E-state index in [0.29, 0.717) is 0 Å². The second-order valence-electron chi connectivity index (χ2n) is 4.95. The second kappa shape index (κ2) is 5.72. The Hall–Kier alpha value is -0.760. The van der Waals surface area contributed by atoms with E-state index in [0.717, 1.165) is 12.5 Å². The lowest BCUT2D eigenvalue weighted by Crippen LogP contribution is -2.16. The van der Waals surface area contributed by atoms with Crippen LogP contribution in [0.3, 0.4) is 0 Å². The molecule has 1 aromatic rings. The van der Waals surface area contributed by atoms with E-state index < -0.39 is 0 Å². The molecule has 1 aliphatic carbocycles. The fraction of sp³-hybridized carbons (Fsp3) is 0.467. The third kappa shape index (κ3) is 3.35. The molecule has 0 bridgehead atoms. The van der Waals surface area contributed by atoms with Gasteiger partial charge in [-0.2, -0.15) is 0 Å². The third-order valence-electron chi connectivity index (χ3n) is 3.44. The lowest BCUT2D eigenvalue weighted by molar-refractivity contribution is 0.504. The molecule has 1 aliphatic rings. The van der Waals surface area contributed by atoms with E-state index in [4.69, 9.17) is 0 Å². The average molecular weight is 294 g/mol. The first-order valence-electron chi connectivity index (χ1n) is 6.32. The monoisotopic (exact) mass is 293 g/mol. The van der Waals surface area contributed by atoms with E-state index in [2.05, 4.69) is 59.4 Å². The van der Waals surface area contributed by atoms with E-state index in [1.165, 1.54) is 40.5 Å². The average Bonchev–Trinajstić information content (AvgIpc) is 2.29. The number of hydrogen-bond donors (Lipinski definition) is 1. The van der Waals surface area contributed by atoms with E-state index in [-0.39, 0.29) is 0 Å². The summed E-state index contributed by atoms with van der Waals surface area (Å²) in [7, 11) is 0. The van der Waals surface area contributed by atoms with Crippen molar-refractivity contribution in [3.05, 3.63) is 39.9 Å². The molecule has 0 spiro atoms. The molecule has 92 valence electrons. The lowest BCUT2D eigenvalue weighted by atomic mass is 9.94. The molecule has 0 saturated heterocycles. The summed E-state index contributed by atoms with van der Waals surface area (Å²) in [6.45, 7) is 5.43. The van der Waals surface area contributed by atoms with Crippen LogP contribution < -0.4 is 5.32 Å².